The Balaban J connectivity index is 1.60. The van der Waals surface area contributed by atoms with E-state index >= 15 is 0 Å². The second-order valence-corrected chi connectivity index (χ2v) is 6.30. The van der Waals surface area contributed by atoms with Gasteiger partial charge in [-0.25, -0.2) is 0 Å². The van der Waals surface area contributed by atoms with Crippen molar-refractivity contribution >= 4 is 0 Å². The lowest BCUT2D eigenvalue weighted by Gasteiger charge is -2.29. The molecule has 1 aromatic rings. The Kier molecular flexibility index (Phi) is 4.73. The number of rotatable bonds is 5. The second-order valence-electron chi connectivity index (χ2n) is 6.30. The van der Waals surface area contributed by atoms with E-state index in [1.165, 1.54) is 44.2 Å². The van der Waals surface area contributed by atoms with Crippen LogP contribution in [-0.4, -0.2) is 36.1 Å². The smallest absolute Gasteiger partial charge is 0.0640 e. The number of hydrogen-bond donors (Lipinski definition) is 1. The van der Waals surface area contributed by atoms with E-state index in [-0.39, 0.29) is 0 Å². The summed E-state index contributed by atoms with van der Waals surface area (Å²) in [5, 5.41) is 8.28. The van der Waals surface area contributed by atoms with Gasteiger partial charge in [0.25, 0.3) is 0 Å². The van der Waals surface area contributed by atoms with Gasteiger partial charge in [-0.3, -0.25) is 4.68 Å². The first kappa shape index (κ1) is 14.1. The summed E-state index contributed by atoms with van der Waals surface area (Å²) in [6, 6.07) is 3.34. The SMILES string of the molecule is CNC(Cc1ccn(C2CCCC2)n1)C1CCCOC1. The Morgan fingerprint density at radius 3 is 2.90 bits per heavy atom. The standard InChI is InChI=1S/C16H27N3O/c1-17-16(13-5-4-10-20-12-13)11-14-8-9-19(18-14)15-6-2-3-7-15/h8-9,13,15-17H,2-7,10-12H2,1H3. The van der Waals surface area contributed by atoms with Crippen LogP contribution < -0.4 is 5.32 Å². The van der Waals surface area contributed by atoms with Crippen molar-refractivity contribution in [2.45, 2.75) is 57.0 Å². The van der Waals surface area contributed by atoms with Crippen molar-refractivity contribution in [3.8, 4) is 0 Å². The normalized spacial score (nSPS) is 25.9. The molecule has 112 valence electrons. The predicted octanol–water partition coefficient (Wildman–Crippen LogP) is 2.56. The van der Waals surface area contributed by atoms with Crippen LogP contribution in [0.25, 0.3) is 0 Å². The zero-order valence-corrected chi connectivity index (χ0v) is 12.6. The minimum absolute atomic E-state index is 0.488. The average molecular weight is 277 g/mol. The minimum atomic E-state index is 0.488. The maximum atomic E-state index is 5.62. The highest BCUT2D eigenvalue weighted by Crippen LogP contribution is 2.29. The van der Waals surface area contributed by atoms with Crippen LogP contribution in [0.4, 0.5) is 0 Å². The molecule has 1 aliphatic carbocycles. The van der Waals surface area contributed by atoms with Gasteiger partial charge in [0.05, 0.1) is 18.3 Å². The molecule has 1 N–H and O–H groups in total. The summed E-state index contributed by atoms with van der Waals surface area (Å²) in [6.45, 7) is 1.83. The summed E-state index contributed by atoms with van der Waals surface area (Å²) in [5.41, 5.74) is 1.22. The fourth-order valence-electron chi connectivity index (χ4n) is 3.67. The van der Waals surface area contributed by atoms with Gasteiger partial charge in [0.1, 0.15) is 0 Å². The Morgan fingerprint density at radius 2 is 2.20 bits per heavy atom. The van der Waals surface area contributed by atoms with Crippen LogP contribution in [0, 0.1) is 5.92 Å². The average Bonchev–Trinajstić information content (AvgIpc) is 3.16. The third kappa shape index (κ3) is 3.23. The quantitative estimate of drug-likeness (QED) is 0.899. The van der Waals surface area contributed by atoms with E-state index in [1.807, 2.05) is 0 Å². The van der Waals surface area contributed by atoms with Crippen molar-refractivity contribution in [2.75, 3.05) is 20.3 Å². The number of nitrogens with one attached hydrogen (secondary N) is 1. The lowest BCUT2D eigenvalue weighted by atomic mass is 9.91. The topological polar surface area (TPSA) is 39.1 Å². The van der Waals surface area contributed by atoms with E-state index in [1.54, 1.807) is 0 Å². The summed E-state index contributed by atoms with van der Waals surface area (Å²) >= 11 is 0. The van der Waals surface area contributed by atoms with Gasteiger partial charge in [-0.05, 0) is 44.7 Å². The van der Waals surface area contributed by atoms with Gasteiger partial charge >= 0.3 is 0 Å². The van der Waals surface area contributed by atoms with Gasteiger partial charge in [-0.2, -0.15) is 5.10 Å². The Morgan fingerprint density at radius 1 is 1.35 bits per heavy atom. The molecule has 3 rings (SSSR count). The van der Waals surface area contributed by atoms with Crippen molar-refractivity contribution in [3.05, 3.63) is 18.0 Å². The molecule has 1 saturated heterocycles. The molecular formula is C16H27N3O. The molecule has 1 aliphatic heterocycles. The first-order valence-corrected chi connectivity index (χ1v) is 8.16. The lowest BCUT2D eigenvalue weighted by molar-refractivity contribution is 0.0403. The van der Waals surface area contributed by atoms with Crippen LogP contribution >= 0.6 is 0 Å². The number of nitrogens with zero attached hydrogens (tertiary/aromatic N) is 2. The molecule has 2 atom stereocenters. The monoisotopic (exact) mass is 277 g/mol. The molecule has 0 amide bonds. The van der Waals surface area contributed by atoms with E-state index in [4.69, 9.17) is 9.84 Å². The fraction of sp³-hybridized carbons (Fsp3) is 0.812. The maximum absolute atomic E-state index is 5.62. The molecule has 0 aromatic carbocycles. The lowest BCUT2D eigenvalue weighted by Crippen LogP contribution is -2.40. The summed E-state index contributed by atoms with van der Waals surface area (Å²) in [4.78, 5) is 0. The highest BCUT2D eigenvalue weighted by molar-refractivity contribution is 5.03. The van der Waals surface area contributed by atoms with Gasteiger partial charge in [-0.1, -0.05) is 12.8 Å². The zero-order chi connectivity index (χ0) is 13.8. The van der Waals surface area contributed by atoms with Gasteiger partial charge in [0, 0.05) is 25.3 Å². The molecule has 2 heterocycles. The summed E-state index contributed by atoms with van der Waals surface area (Å²) < 4.78 is 7.82. The molecule has 20 heavy (non-hydrogen) atoms. The van der Waals surface area contributed by atoms with Gasteiger partial charge < -0.3 is 10.1 Å². The van der Waals surface area contributed by atoms with Crippen LogP contribution in [-0.2, 0) is 11.2 Å². The van der Waals surface area contributed by atoms with Crippen LogP contribution in [0.15, 0.2) is 12.3 Å². The molecule has 1 aromatic heterocycles. The summed E-state index contributed by atoms with van der Waals surface area (Å²) in [7, 11) is 2.06. The van der Waals surface area contributed by atoms with Crippen molar-refractivity contribution < 1.29 is 4.74 Å². The van der Waals surface area contributed by atoms with Crippen LogP contribution in [0.5, 0.6) is 0 Å². The number of likely N-dealkylation sites (N-methyl/N-ethyl adjacent to an activating group) is 1. The summed E-state index contributed by atoms with van der Waals surface area (Å²) in [6.07, 6.45) is 11.0. The number of hydrogen-bond acceptors (Lipinski definition) is 3. The third-order valence-electron chi connectivity index (χ3n) is 4.93. The zero-order valence-electron chi connectivity index (χ0n) is 12.6. The van der Waals surface area contributed by atoms with E-state index < -0.39 is 0 Å². The molecule has 1 saturated carbocycles. The first-order valence-electron chi connectivity index (χ1n) is 8.16. The number of ether oxygens (including phenoxy) is 1. The van der Waals surface area contributed by atoms with E-state index in [0.717, 1.165) is 19.6 Å². The van der Waals surface area contributed by atoms with Gasteiger partial charge in [0.15, 0.2) is 0 Å². The minimum Gasteiger partial charge on any atom is -0.381 e. The Bertz CT molecular complexity index is 406. The molecule has 2 fully saturated rings. The van der Waals surface area contributed by atoms with Gasteiger partial charge in [-0.15, -0.1) is 0 Å². The first-order chi connectivity index (χ1) is 9.86. The van der Waals surface area contributed by atoms with Crippen molar-refractivity contribution in [3.63, 3.8) is 0 Å². The molecular weight excluding hydrogens is 250 g/mol. The summed E-state index contributed by atoms with van der Waals surface area (Å²) in [5.74, 6) is 0.630. The van der Waals surface area contributed by atoms with E-state index in [0.29, 0.717) is 18.0 Å². The largest absolute Gasteiger partial charge is 0.381 e. The molecule has 2 unspecified atom stereocenters. The van der Waals surface area contributed by atoms with Crippen LogP contribution in [0.3, 0.4) is 0 Å². The highest BCUT2D eigenvalue weighted by Gasteiger charge is 2.24. The highest BCUT2D eigenvalue weighted by atomic mass is 16.5. The van der Waals surface area contributed by atoms with Crippen molar-refractivity contribution in [1.82, 2.24) is 15.1 Å². The molecule has 2 aliphatic rings. The van der Waals surface area contributed by atoms with Gasteiger partial charge in [0.2, 0.25) is 0 Å². The fourth-order valence-corrected chi connectivity index (χ4v) is 3.67. The molecule has 0 spiro atoms. The van der Waals surface area contributed by atoms with Crippen molar-refractivity contribution in [1.29, 1.82) is 0 Å². The van der Waals surface area contributed by atoms with Crippen molar-refractivity contribution in [2.24, 2.45) is 5.92 Å². The molecule has 0 radical (unpaired) electrons. The van der Waals surface area contributed by atoms with Crippen LogP contribution in [0.2, 0.25) is 0 Å². The van der Waals surface area contributed by atoms with E-state index in [9.17, 15) is 0 Å². The predicted molar refractivity (Wildman–Crippen MR) is 79.8 cm³/mol. The third-order valence-corrected chi connectivity index (χ3v) is 4.93. The van der Waals surface area contributed by atoms with E-state index in [2.05, 4.69) is 29.3 Å². The molecule has 4 heteroatoms. The molecule has 0 bridgehead atoms. The Labute approximate surface area is 121 Å². The number of aromatic nitrogens is 2. The molecule has 4 nitrogen and oxygen atoms in total. The van der Waals surface area contributed by atoms with Crippen LogP contribution in [0.1, 0.15) is 50.3 Å². The Hall–Kier alpha value is -0.870. The second kappa shape index (κ2) is 6.72. The maximum Gasteiger partial charge on any atom is 0.0640 e.